The molecule has 4 rings (SSSR count). The zero-order chi connectivity index (χ0) is 25.1. The van der Waals surface area contributed by atoms with Gasteiger partial charge in [0.2, 0.25) is 5.91 Å². The molecule has 184 valence electrons. The van der Waals surface area contributed by atoms with Gasteiger partial charge in [-0.05, 0) is 59.7 Å². The molecule has 0 saturated carbocycles. The molecule has 3 aromatic carbocycles. The topological polar surface area (TPSA) is 64.8 Å². The number of ether oxygens (including phenoxy) is 2. The minimum absolute atomic E-state index is 0.0513. The van der Waals surface area contributed by atoms with Gasteiger partial charge in [-0.25, -0.2) is 13.2 Å². The van der Waals surface area contributed by atoms with E-state index in [-0.39, 0.29) is 12.0 Å². The van der Waals surface area contributed by atoms with Crippen LogP contribution in [-0.4, -0.2) is 31.6 Å². The van der Waals surface area contributed by atoms with Crippen LogP contribution in [0.3, 0.4) is 0 Å². The molecule has 1 heterocycles. The van der Waals surface area contributed by atoms with E-state index in [1.54, 1.807) is 7.11 Å². The first-order chi connectivity index (χ1) is 16.8. The fourth-order valence-electron chi connectivity index (χ4n) is 4.92. The fourth-order valence-corrected chi connectivity index (χ4v) is 4.92. The number of carbonyl (C=O) groups is 1. The Hall–Kier alpha value is -3.52. The Morgan fingerprint density at radius 1 is 1.06 bits per heavy atom. The third-order valence-electron chi connectivity index (χ3n) is 6.52. The Kier molecular flexibility index (Phi) is 7.31. The summed E-state index contributed by atoms with van der Waals surface area (Å²) in [6.07, 6.45) is 0.959. The summed E-state index contributed by atoms with van der Waals surface area (Å²) in [5.41, 5.74) is 8.40. The van der Waals surface area contributed by atoms with Crippen LogP contribution in [0.25, 0.3) is 0 Å². The number of halogens is 3. The van der Waals surface area contributed by atoms with Gasteiger partial charge >= 0.3 is 0 Å². The molecule has 3 aromatic rings. The molecule has 8 heteroatoms. The first-order valence-electron chi connectivity index (χ1n) is 11.3. The van der Waals surface area contributed by atoms with E-state index in [1.807, 2.05) is 47.4 Å². The average molecular weight is 485 g/mol. The second-order valence-corrected chi connectivity index (χ2v) is 8.52. The van der Waals surface area contributed by atoms with Gasteiger partial charge in [0, 0.05) is 18.7 Å². The molecular formula is C27H27F3N2O3. The van der Waals surface area contributed by atoms with Gasteiger partial charge in [-0.1, -0.05) is 30.3 Å². The molecule has 0 aromatic heterocycles. The van der Waals surface area contributed by atoms with Crippen LogP contribution in [-0.2, 0) is 17.6 Å². The average Bonchev–Trinajstić information content (AvgIpc) is 2.85. The standard InChI is InChI=1S/C27H27F3N2O3/c1-34-23-13-17-10-11-32(26(27(31)33)16-6-4-3-5-7-16)22(20(17)15-24(23)35-2)9-8-18-12-19(28)14-21(29)25(18)30/h3-7,12-15,22,26H,8-11H2,1-2H3,(H2,31,33). The van der Waals surface area contributed by atoms with E-state index >= 15 is 0 Å². The predicted octanol–water partition coefficient (Wildman–Crippen LogP) is 4.88. The largest absolute Gasteiger partial charge is 0.493 e. The number of hydrogen-bond acceptors (Lipinski definition) is 4. The van der Waals surface area contributed by atoms with Crippen molar-refractivity contribution in [1.29, 1.82) is 0 Å². The van der Waals surface area contributed by atoms with Crippen molar-refractivity contribution in [3.63, 3.8) is 0 Å². The minimum Gasteiger partial charge on any atom is -0.493 e. The van der Waals surface area contributed by atoms with Crippen LogP contribution in [0.2, 0.25) is 0 Å². The van der Waals surface area contributed by atoms with E-state index in [0.29, 0.717) is 37.0 Å². The van der Waals surface area contributed by atoms with Crippen molar-refractivity contribution in [2.75, 3.05) is 20.8 Å². The molecular weight excluding hydrogens is 457 g/mol. The molecule has 1 amide bonds. The first kappa shape index (κ1) is 24.6. The number of nitrogens with two attached hydrogens (primary N) is 1. The summed E-state index contributed by atoms with van der Waals surface area (Å²) in [6, 6.07) is 13.3. The van der Waals surface area contributed by atoms with Gasteiger partial charge in [-0.15, -0.1) is 0 Å². The Morgan fingerprint density at radius 3 is 2.40 bits per heavy atom. The van der Waals surface area contributed by atoms with Gasteiger partial charge in [0.05, 0.1) is 14.2 Å². The van der Waals surface area contributed by atoms with E-state index in [4.69, 9.17) is 15.2 Å². The number of primary amides is 1. The number of benzene rings is 3. The van der Waals surface area contributed by atoms with Crippen molar-refractivity contribution in [2.24, 2.45) is 5.73 Å². The Bertz CT molecular complexity index is 1220. The van der Waals surface area contributed by atoms with Crippen LogP contribution in [0, 0.1) is 17.5 Å². The van der Waals surface area contributed by atoms with Gasteiger partial charge in [-0.2, -0.15) is 0 Å². The summed E-state index contributed by atoms with van der Waals surface area (Å²) in [5, 5.41) is 0. The molecule has 0 aliphatic carbocycles. The smallest absolute Gasteiger partial charge is 0.239 e. The SMILES string of the molecule is COc1cc2c(cc1OC)C(CCc1cc(F)cc(F)c1F)N(C(C(N)=O)c1ccccc1)CC2. The summed E-state index contributed by atoms with van der Waals surface area (Å²) >= 11 is 0. The molecule has 1 aliphatic heterocycles. The number of rotatable bonds is 8. The van der Waals surface area contributed by atoms with Crippen molar-refractivity contribution in [2.45, 2.75) is 31.3 Å². The second kappa shape index (κ2) is 10.4. The lowest BCUT2D eigenvalue weighted by molar-refractivity contribution is -0.124. The third-order valence-corrected chi connectivity index (χ3v) is 6.52. The number of methoxy groups -OCH3 is 2. The van der Waals surface area contributed by atoms with E-state index in [1.165, 1.54) is 7.11 Å². The van der Waals surface area contributed by atoms with Crippen molar-refractivity contribution >= 4 is 5.91 Å². The number of nitrogens with zero attached hydrogens (tertiary/aromatic N) is 1. The molecule has 0 fully saturated rings. The second-order valence-electron chi connectivity index (χ2n) is 8.52. The zero-order valence-electron chi connectivity index (χ0n) is 19.6. The van der Waals surface area contributed by atoms with Crippen LogP contribution < -0.4 is 15.2 Å². The third kappa shape index (κ3) is 4.98. The number of amides is 1. The van der Waals surface area contributed by atoms with Crippen molar-refractivity contribution in [3.05, 3.63) is 94.3 Å². The lowest BCUT2D eigenvalue weighted by atomic mass is 9.86. The zero-order valence-corrected chi connectivity index (χ0v) is 19.6. The van der Waals surface area contributed by atoms with Gasteiger partial charge in [0.25, 0.3) is 0 Å². The highest BCUT2D eigenvalue weighted by molar-refractivity contribution is 5.81. The van der Waals surface area contributed by atoms with E-state index < -0.39 is 35.4 Å². The maximum Gasteiger partial charge on any atom is 0.239 e. The highest BCUT2D eigenvalue weighted by Crippen LogP contribution is 2.43. The Labute approximate surface area is 202 Å². The van der Waals surface area contributed by atoms with Crippen molar-refractivity contribution in [1.82, 2.24) is 4.90 Å². The van der Waals surface area contributed by atoms with Crippen LogP contribution in [0.4, 0.5) is 13.2 Å². The number of aryl methyl sites for hydroxylation is 1. The normalized spacial score (nSPS) is 16.4. The summed E-state index contributed by atoms with van der Waals surface area (Å²) < 4.78 is 53.0. The van der Waals surface area contributed by atoms with Gasteiger partial charge < -0.3 is 15.2 Å². The molecule has 35 heavy (non-hydrogen) atoms. The highest BCUT2D eigenvalue weighted by Gasteiger charge is 2.36. The molecule has 2 atom stereocenters. The Morgan fingerprint density at radius 2 is 1.74 bits per heavy atom. The predicted molar refractivity (Wildman–Crippen MR) is 126 cm³/mol. The minimum atomic E-state index is -1.23. The number of fused-ring (bicyclic) bond motifs is 1. The van der Waals surface area contributed by atoms with Crippen molar-refractivity contribution in [3.8, 4) is 11.5 Å². The van der Waals surface area contributed by atoms with Gasteiger partial charge in [-0.3, -0.25) is 9.69 Å². The fraction of sp³-hybridized carbons (Fsp3) is 0.296. The van der Waals surface area contributed by atoms with Crippen molar-refractivity contribution < 1.29 is 27.4 Å². The number of carbonyl (C=O) groups excluding carboxylic acids is 1. The van der Waals surface area contributed by atoms with E-state index in [9.17, 15) is 18.0 Å². The maximum atomic E-state index is 14.4. The molecule has 2 N–H and O–H groups in total. The lowest BCUT2D eigenvalue weighted by Crippen LogP contribution is -2.44. The lowest BCUT2D eigenvalue weighted by Gasteiger charge is -2.41. The first-order valence-corrected chi connectivity index (χ1v) is 11.3. The van der Waals surface area contributed by atoms with Crippen LogP contribution >= 0.6 is 0 Å². The Balaban J connectivity index is 1.78. The monoisotopic (exact) mass is 484 g/mol. The van der Waals surface area contributed by atoms with E-state index in [0.717, 1.165) is 22.8 Å². The summed E-state index contributed by atoms with van der Waals surface area (Å²) in [7, 11) is 3.08. The number of hydrogen-bond donors (Lipinski definition) is 1. The summed E-state index contributed by atoms with van der Waals surface area (Å²) in [4.78, 5) is 14.6. The molecule has 2 unspecified atom stereocenters. The molecule has 0 bridgehead atoms. The van der Waals surface area contributed by atoms with Gasteiger partial charge in [0.1, 0.15) is 11.9 Å². The highest BCUT2D eigenvalue weighted by atomic mass is 19.2. The molecule has 0 saturated heterocycles. The maximum absolute atomic E-state index is 14.4. The molecule has 0 spiro atoms. The van der Waals surface area contributed by atoms with Crippen LogP contribution in [0.1, 0.15) is 40.8 Å². The molecule has 0 radical (unpaired) electrons. The molecule has 1 aliphatic rings. The van der Waals surface area contributed by atoms with Crippen LogP contribution in [0.5, 0.6) is 11.5 Å². The van der Waals surface area contributed by atoms with Gasteiger partial charge in [0.15, 0.2) is 23.1 Å². The quantitative estimate of drug-likeness (QED) is 0.463. The molecule has 5 nitrogen and oxygen atoms in total. The van der Waals surface area contributed by atoms with Crippen LogP contribution in [0.15, 0.2) is 54.6 Å². The van der Waals surface area contributed by atoms with E-state index in [2.05, 4.69) is 0 Å². The summed E-state index contributed by atoms with van der Waals surface area (Å²) in [6.45, 7) is 0.496. The summed E-state index contributed by atoms with van der Waals surface area (Å²) in [5.74, 6) is -2.58.